The van der Waals surface area contributed by atoms with Crippen LogP contribution in [0.4, 0.5) is 0 Å². The van der Waals surface area contributed by atoms with E-state index in [-0.39, 0.29) is 18.4 Å². The Morgan fingerprint density at radius 2 is 2.21 bits per heavy atom. The van der Waals surface area contributed by atoms with Gasteiger partial charge in [0.25, 0.3) is 5.91 Å². The number of rotatable bonds is 7. The van der Waals surface area contributed by atoms with E-state index >= 15 is 0 Å². The molecule has 1 atom stereocenters. The molecule has 19 heavy (non-hydrogen) atoms. The maximum absolute atomic E-state index is 11.8. The van der Waals surface area contributed by atoms with E-state index in [1.807, 2.05) is 13.8 Å². The van der Waals surface area contributed by atoms with E-state index in [0.717, 1.165) is 5.01 Å². The summed E-state index contributed by atoms with van der Waals surface area (Å²) < 4.78 is 0. The van der Waals surface area contributed by atoms with Crippen molar-refractivity contribution in [2.75, 3.05) is 13.1 Å². The molecule has 1 aromatic heterocycles. The fourth-order valence-electron chi connectivity index (χ4n) is 1.55. The normalized spacial score (nSPS) is 12.4. The molecule has 0 aliphatic heterocycles. The van der Waals surface area contributed by atoms with Crippen molar-refractivity contribution in [1.29, 1.82) is 0 Å². The number of amides is 1. The number of aliphatic carboxylic acids is 1. The largest absolute Gasteiger partial charge is 0.481 e. The minimum atomic E-state index is -0.905. The number of hydrogen-bond acceptors (Lipinski definition) is 5. The molecule has 0 saturated heterocycles. The van der Waals surface area contributed by atoms with Gasteiger partial charge in [0.05, 0.1) is 10.9 Å². The molecule has 6 nitrogen and oxygen atoms in total. The van der Waals surface area contributed by atoms with Gasteiger partial charge in [-0.2, -0.15) is 0 Å². The van der Waals surface area contributed by atoms with Crippen LogP contribution in [0.25, 0.3) is 0 Å². The first-order valence-corrected chi connectivity index (χ1v) is 6.99. The van der Waals surface area contributed by atoms with Crippen molar-refractivity contribution in [2.45, 2.75) is 20.3 Å². The fourth-order valence-corrected chi connectivity index (χ4v) is 2.35. The number of nitrogens with one attached hydrogen (secondary N) is 1. The van der Waals surface area contributed by atoms with Crippen molar-refractivity contribution in [2.24, 2.45) is 17.6 Å². The average Bonchev–Trinajstić information content (AvgIpc) is 2.77. The van der Waals surface area contributed by atoms with Crippen molar-refractivity contribution in [1.82, 2.24) is 10.3 Å². The lowest BCUT2D eigenvalue weighted by molar-refractivity contribution is -0.142. The number of nitrogens with zero attached hydrogens (tertiary/aromatic N) is 1. The van der Waals surface area contributed by atoms with Crippen LogP contribution in [0.15, 0.2) is 5.38 Å². The summed E-state index contributed by atoms with van der Waals surface area (Å²) >= 11 is 1.38. The zero-order valence-corrected chi connectivity index (χ0v) is 11.9. The number of carbonyl (C=O) groups is 2. The van der Waals surface area contributed by atoms with Crippen molar-refractivity contribution >= 4 is 23.2 Å². The molecule has 1 rings (SSSR count). The van der Waals surface area contributed by atoms with Crippen LogP contribution in [0.1, 0.15) is 29.3 Å². The van der Waals surface area contributed by atoms with Crippen molar-refractivity contribution < 1.29 is 14.7 Å². The Labute approximate surface area is 116 Å². The van der Waals surface area contributed by atoms with E-state index in [1.54, 1.807) is 5.38 Å². The lowest BCUT2D eigenvalue weighted by atomic mass is 9.96. The van der Waals surface area contributed by atoms with E-state index < -0.39 is 11.9 Å². The van der Waals surface area contributed by atoms with Crippen LogP contribution >= 0.6 is 11.3 Å². The highest BCUT2D eigenvalue weighted by Crippen LogP contribution is 2.12. The SMILES string of the molecule is CC(C)C(CNC(=O)c1csc(CCN)n1)C(=O)O. The summed E-state index contributed by atoms with van der Waals surface area (Å²) in [4.78, 5) is 27.0. The van der Waals surface area contributed by atoms with Gasteiger partial charge in [0, 0.05) is 18.3 Å². The highest BCUT2D eigenvalue weighted by Gasteiger charge is 2.22. The van der Waals surface area contributed by atoms with Crippen molar-refractivity contribution in [3.8, 4) is 0 Å². The Hall–Kier alpha value is -1.47. The molecule has 4 N–H and O–H groups in total. The van der Waals surface area contributed by atoms with Gasteiger partial charge < -0.3 is 16.2 Å². The van der Waals surface area contributed by atoms with Crippen LogP contribution in [-0.4, -0.2) is 35.1 Å². The lowest BCUT2D eigenvalue weighted by Gasteiger charge is -2.16. The lowest BCUT2D eigenvalue weighted by Crippen LogP contribution is -2.35. The average molecular weight is 285 g/mol. The number of thiazole rings is 1. The Morgan fingerprint density at radius 3 is 2.74 bits per heavy atom. The summed E-state index contributed by atoms with van der Waals surface area (Å²) in [5.74, 6) is -1.88. The van der Waals surface area contributed by atoms with E-state index in [2.05, 4.69) is 10.3 Å². The summed E-state index contributed by atoms with van der Waals surface area (Å²) in [5.41, 5.74) is 5.73. The summed E-state index contributed by atoms with van der Waals surface area (Å²) in [5, 5.41) is 14.1. The van der Waals surface area contributed by atoms with E-state index in [0.29, 0.717) is 18.7 Å². The number of nitrogens with two attached hydrogens (primary N) is 1. The monoisotopic (exact) mass is 285 g/mol. The fraction of sp³-hybridized carbons (Fsp3) is 0.583. The first-order chi connectivity index (χ1) is 8.95. The van der Waals surface area contributed by atoms with Crippen LogP contribution in [0.5, 0.6) is 0 Å². The van der Waals surface area contributed by atoms with E-state index in [9.17, 15) is 9.59 Å². The quantitative estimate of drug-likeness (QED) is 0.685. The Morgan fingerprint density at radius 1 is 1.53 bits per heavy atom. The molecule has 1 unspecified atom stereocenters. The highest BCUT2D eigenvalue weighted by atomic mass is 32.1. The molecule has 0 radical (unpaired) electrons. The summed E-state index contributed by atoms with van der Waals surface area (Å²) in [7, 11) is 0. The molecule has 0 aliphatic carbocycles. The van der Waals surface area contributed by atoms with Crippen LogP contribution in [0.3, 0.4) is 0 Å². The zero-order valence-electron chi connectivity index (χ0n) is 11.0. The minimum Gasteiger partial charge on any atom is -0.481 e. The van der Waals surface area contributed by atoms with Crippen molar-refractivity contribution in [3.05, 3.63) is 16.1 Å². The predicted molar refractivity (Wildman–Crippen MR) is 73.2 cm³/mol. The molecular formula is C12H19N3O3S. The second kappa shape index (κ2) is 7.20. The second-order valence-corrected chi connectivity index (χ2v) is 5.51. The third-order valence-corrected chi connectivity index (χ3v) is 3.66. The number of hydrogen-bond donors (Lipinski definition) is 3. The molecular weight excluding hydrogens is 266 g/mol. The standard InChI is InChI=1S/C12H19N3O3S/c1-7(2)8(12(17)18)5-14-11(16)9-6-19-10(15-9)3-4-13/h6-8H,3-5,13H2,1-2H3,(H,14,16)(H,17,18). The van der Waals surface area contributed by atoms with Crippen LogP contribution in [0.2, 0.25) is 0 Å². The van der Waals surface area contributed by atoms with Gasteiger partial charge >= 0.3 is 5.97 Å². The molecule has 7 heteroatoms. The molecule has 1 heterocycles. The maximum atomic E-state index is 11.8. The first kappa shape index (κ1) is 15.6. The third kappa shape index (κ3) is 4.60. The van der Waals surface area contributed by atoms with Crippen LogP contribution < -0.4 is 11.1 Å². The molecule has 1 aromatic rings. The van der Waals surface area contributed by atoms with Gasteiger partial charge in [-0.15, -0.1) is 11.3 Å². The molecule has 0 bridgehead atoms. The van der Waals surface area contributed by atoms with Gasteiger partial charge in [-0.05, 0) is 12.5 Å². The molecule has 0 spiro atoms. The maximum Gasteiger partial charge on any atom is 0.308 e. The molecule has 0 aromatic carbocycles. The molecule has 0 aliphatic rings. The van der Waals surface area contributed by atoms with Gasteiger partial charge in [0.1, 0.15) is 5.69 Å². The minimum absolute atomic E-state index is 0.0407. The van der Waals surface area contributed by atoms with Gasteiger partial charge in [-0.25, -0.2) is 4.98 Å². The Balaban J connectivity index is 2.56. The molecule has 1 amide bonds. The van der Waals surface area contributed by atoms with Gasteiger partial charge in [-0.1, -0.05) is 13.8 Å². The van der Waals surface area contributed by atoms with Crippen LogP contribution in [0, 0.1) is 11.8 Å². The van der Waals surface area contributed by atoms with E-state index in [4.69, 9.17) is 10.8 Å². The summed E-state index contributed by atoms with van der Waals surface area (Å²) in [6.07, 6.45) is 0.641. The van der Waals surface area contributed by atoms with Crippen molar-refractivity contribution in [3.63, 3.8) is 0 Å². The number of carboxylic acids is 1. The topological polar surface area (TPSA) is 105 Å². The number of carbonyl (C=O) groups excluding carboxylic acids is 1. The summed E-state index contributed by atoms with van der Waals surface area (Å²) in [6.45, 7) is 4.22. The zero-order chi connectivity index (χ0) is 14.4. The van der Waals surface area contributed by atoms with Gasteiger partial charge in [0.2, 0.25) is 0 Å². The smallest absolute Gasteiger partial charge is 0.308 e. The van der Waals surface area contributed by atoms with E-state index in [1.165, 1.54) is 11.3 Å². The highest BCUT2D eigenvalue weighted by molar-refractivity contribution is 7.09. The molecule has 0 saturated carbocycles. The second-order valence-electron chi connectivity index (χ2n) is 4.56. The van der Waals surface area contributed by atoms with Gasteiger partial charge in [0.15, 0.2) is 0 Å². The Kier molecular flexibility index (Phi) is 5.91. The predicted octanol–water partition coefficient (Wildman–Crippen LogP) is 0.731. The first-order valence-electron chi connectivity index (χ1n) is 6.11. The third-order valence-electron chi connectivity index (χ3n) is 2.75. The van der Waals surface area contributed by atoms with Crippen LogP contribution in [-0.2, 0) is 11.2 Å². The number of carboxylic acid groups (broad SMARTS) is 1. The van der Waals surface area contributed by atoms with Gasteiger partial charge in [-0.3, -0.25) is 9.59 Å². The number of aromatic nitrogens is 1. The Bertz CT molecular complexity index is 445. The molecule has 106 valence electrons. The summed E-state index contributed by atoms with van der Waals surface area (Å²) in [6, 6.07) is 0. The molecule has 0 fully saturated rings.